The van der Waals surface area contributed by atoms with Crippen LogP contribution in [0, 0.1) is 3.57 Å². The fourth-order valence-corrected chi connectivity index (χ4v) is 2.36. The van der Waals surface area contributed by atoms with E-state index in [2.05, 4.69) is 22.6 Å². The number of β-amino-alcohol motifs (C(OH)–C–C–N with tert-alkyl or cyclic N) is 1. The van der Waals surface area contributed by atoms with Crippen LogP contribution < -0.4 is 0 Å². The number of aliphatic hydroxyl groups excluding tert-OH is 2. The van der Waals surface area contributed by atoms with Gasteiger partial charge in [-0.2, -0.15) is 0 Å². The van der Waals surface area contributed by atoms with E-state index in [1.807, 2.05) is 18.2 Å². The number of rotatable bonds is 3. The number of carbonyl (C=O) groups is 1. The van der Waals surface area contributed by atoms with Gasteiger partial charge in [0.25, 0.3) is 5.91 Å². The summed E-state index contributed by atoms with van der Waals surface area (Å²) >= 11 is 2.20. The lowest BCUT2D eigenvalue weighted by Gasteiger charge is -2.18. The van der Waals surface area contributed by atoms with Crippen LogP contribution in [-0.2, 0) is 6.54 Å². The number of hydrogen-bond acceptors (Lipinski definition) is 3. The molecule has 0 bridgehead atoms. The number of aliphatic hydroxyl groups is 2. The van der Waals surface area contributed by atoms with Crippen LogP contribution in [0.2, 0.25) is 0 Å². The number of benzene rings is 1. The molecule has 0 fully saturated rings. The van der Waals surface area contributed by atoms with Crippen molar-refractivity contribution in [1.29, 1.82) is 0 Å². The lowest BCUT2D eigenvalue weighted by Crippen LogP contribution is -2.34. The third-order valence-electron chi connectivity index (χ3n) is 2.59. The van der Waals surface area contributed by atoms with Gasteiger partial charge in [-0.25, -0.2) is 0 Å². The molecule has 1 aliphatic rings. The van der Waals surface area contributed by atoms with E-state index >= 15 is 0 Å². The van der Waals surface area contributed by atoms with E-state index in [1.165, 1.54) is 0 Å². The summed E-state index contributed by atoms with van der Waals surface area (Å²) in [6, 6.07) is 5.67. The zero-order valence-corrected chi connectivity index (χ0v) is 10.7. The van der Waals surface area contributed by atoms with Crippen LogP contribution >= 0.6 is 22.6 Å². The molecule has 0 aliphatic carbocycles. The fraction of sp³-hybridized carbons (Fsp3) is 0.364. The van der Waals surface area contributed by atoms with Gasteiger partial charge in [0.05, 0.1) is 12.7 Å². The van der Waals surface area contributed by atoms with Gasteiger partial charge in [-0.15, -0.1) is 0 Å². The summed E-state index contributed by atoms with van der Waals surface area (Å²) in [5, 5.41) is 18.1. The van der Waals surface area contributed by atoms with Gasteiger partial charge in [0.15, 0.2) is 0 Å². The highest BCUT2D eigenvalue weighted by molar-refractivity contribution is 14.1. The van der Waals surface area contributed by atoms with Crippen molar-refractivity contribution in [3.63, 3.8) is 0 Å². The molecule has 2 N–H and O–H groups in total. The van der Waals surface area contributed by atoms with Gasteiger partial charge in [0.2, 0.25) is 0 Å². The largest absolute Gasteiger partial charge is 0.394 e. The minimum absolute atomic E-state index is 0.0705. The van der Waals surface area contributed by atoms with Crippen molar-refractivity contribution in [1.82, 2.24) is 4.90 Å². The highest BCUT2D eigenvalue weighted by Gasteiger charge is 2.28. The standard InChI is InChI=1S/C11H12INO3/c12-8-1-2-10-7(3-8)4-13(11(10)16)5-9(15)6-14/h1-3,9,14-15H,4-6H2. The second-order valence-electron chi connectivity index (χ2n) is 3.82. The van der Waals surface area contributed by atoms with E-state index < -0.39 is 6.10 Å². The molecule has 1 amide bonds. The molecular weight excluding hydrogens is 321 g/mol. The molecule has 1 unspecified atom stereocenters. The molecule has 0 spiro atoms. The summed E-state index contributed by atoms with van der Waals surface area (Å²) in [7, 11) is 0. The summed E-state index contributed by atoms with van der Waals surface area (Å²) in [5.41, 5.74) is 1.69. The van der Waals surface area contributed by atoms with Crippen LogP contribution in [-0.4, -0.2) is 40.3 Å². The Bertz CT molecular complexity index is 422. The third-order valence-corrected chi connectivity index (χ3v) is 3.26. The molecule has 0 saturated carbocycles. The van der Waals surface area contributed by atoms with Gasteiger partial charge in [0.1, 0.15) is 0 Å². The number of carbonyl (C=O) groups excluding carboxylic acids is 1. The van der Waals surface area contributed by atoms with E-state index in [-0.39, 0.29) is 19.1 Å². The smallest absolute Gasteiger partial charge is 0.254 e. The van der Waals surface area contributed by atoms with Crippen LogP contribution in [0.15, 0.2) is 18.2 Å². The van der Waals surface area contributed by atoms with Crippen LogP contribution in [0.1, 0.15) is 15.9 Å². The summed E-state index contributed by atoms with van der Waals surface area (Å²) in [4.78, 5) is 13.4. The maximum atomic E-state index is 11.9. The number of hydrogen-bond donors (Lipinski definition) is 2. The van der Waals surface area contributed by atoms with Gasteiger partial charge in [-0.3, -0.25) is 4.79 Å². The molecule has 0 saturated heterocycles. The lowest BCUT2D eigenvalue weighted by atomic mass is 10.1. The molecule has 4 nitrogen and oxygen atoms in total. The van der Waals surface area contributed by atoms with Crippen LogP contribution in [0.5, 0.6) is 0 Å². The molecule has 1 atom stereocenters. The predicted octanol–water partition coefficient (Wildman–Crippen LogP) is 0.600. The van der Waals surface area contributed by atoms with Crippen molar-refractivity contribution in [2.75, 3.05) is 13.2 Å². The first kappa shape index (κ1) is 11.8. The molecule has 5 heteroatoms. The SMILES string of the molecule is O=C1c2ccc(I)cc2CN1CC(O)CO. The molecule has 0 aromatic heterocycles. The zero-order chi connectivity index (χ0) is 11.7. The van der Waals surface area contributed by atoms with Crippen LogP contribution in [0.4, 0.5) is 0 Å². The number of amides is 1. The van der Waals surface area contributed by atoms with Gasteiger partial charge >= 0.3 is 0 Å². The van der Waals surface area contributed by atoms with Gasteiger partial charge in [-0.05, 0) is 46.4 Å². The monoisotopic (exact) mass is 333 g/mol. The van der Waals surface area contributed by atoms with Crippen molar-refractivity contribution >= 4 is 28.5 Å². The number of halogens is 1. The maximum absolute atomic E-state index is 11.9. The Labute approximate surface area is 107 Å². The third kappa shape index (κ3) is 2.21. The summed E-state index contributed by atoms with van der Waals surface area (Å²) in [6.07, 6.45) is -0.864. The van der Waals surface area contributed by atoms with Crippen LogP contribution in [0.3, 0.4) is 0 Å². The van der Waals surface area contributed by atoms with Crippen molar-refractivity contribution in [2.45, 2.75) is 12.6 Å². The second kappa shape index (κ2) is 4.68. The highest BCUT2D eigenvalue weighted by atomic mass is 127. The zero-order valence-electron chi connectivity index (χ0n) is 8.56. The Kier molecular flexibility index (Phi) is 3.46. The molecule has 1 aromatic carbocycles. The van der Waals surface area contributed by atoms with Crippen molar-refractivity contribution < 1.29 is 15.0 Å². The Morgan fingerprint density at radius 2 is 2.25 bits per heavy atom. The average Bonchev–Trinajstić information content (AvgIpc) is 2.55. The summed E-state index contributed by atoms with van der Waals surface area (Å²) < 4.78 is 1.09. The Hall–Kier alpha value is -0.660. The van der Waals surface area contributed by atoms with Crippen LogP contribution in [0.25, 0.3) is 0 Å². The molecule has 86 valence electrons. The predicted molar refractivity (Wildman–Crippen MR) is 67.0 cm³/mol. The van der Waals surface area contributed by atoms with E-state index in [0.29, 0.717) is 12.1 Å². The van der Waals surface area contributed by atoms with Crippen molar-refractivity contribution in [3.8, 4) is 0 Å². The van der Waals surface area contributed by atoms with E-state index in [1.54, 1.807) is 4.90 Å². The Morgan fingerprint density at radius 1 is 1.50 bits per heavy atom. The van der Waals surface area contributed by atoms with Crippen molar-refractivity contribution in [2.24, 2.45) is 0 Å². The van der Waals surface area contributed by atoms with Gasteiger partial charge in [0, 0.05) is 22.2 Å². The summed E-state index contributed by atoms with van der Waals surface area (Å²) in [6.45, 7) is 0.375. The minimum atomic E-state index is -0.864. The molecule has 1 aromatic rings. The second-order valence-corrected chi connectivity index (χ2v) is 5.07. The number of fused-ring (bicyclic) bond motifs is 1. The number of nitrogens with zero attached hydrogens (tertiary/aromatic N) is 1. The molecule has 1 aliphatic heterocycles. The molecule has 16 heavy (non-hydrogen) atoms. The van der Waals surface area contributed by atoms with E-state index in [9.17, 15) is 9.90 Å². The lowest BCUT2D eigenvalue weighted by molar-refractivity contribution is 0.0475. The molecule has 1 heterocycles. The first-order valence-electron chi connectivity index (χ1n) is 4.98. The first-order valence-corrected chi connectivity index (χ1v) is 6.06. The van der Waals surface area contributed by atoms with E-state index in [4.69, 9.17) is 5.11 Å². The molecule has 2 rings (SSSR count). The molecule has 0 radical (unpaired) electrons. The quantitative estimate of drug-likeness (QED) is 0.797. The summed E-state index contributed by atoms with van der Waals surface area (Å²) in [5.74, 6) is -0.0705. The average molecular weight is 333 g/mol. The maximum Gasteiger partial charge on any atom is 0.254 e. The first-order chi connectivity index (χ1) is 7.61. The molecular formula is C11H12INO3. The minimum Gasteiger partial charge on any atom is -0.394 e. The Morgan fingerprint density at radius 3 is 2.94 bits per heavy atom. The van der Waals surface area contributed by atoms with E-state index in [0.717, 1.165) is 9.13 Å². The fourth-order valence-electron chi connectivity index (χ4n) is 1.81. The van der Waals surface area contributed by atoms with Gasteiger partial charge < -0.3 is 15.1 Å². The normalized spacial score (nSPS) is 16.4. The topological polar surface area (TPSA) is 60.8 Å². The van der Waals surface area contributed by atoms with Crippen molar-refractivity contribution in [3.05, 3.63) is 32.9 Å². The Balaban J connectivity index is 2.17. The van der Waals surface area contributed by atoms with Gasteiger partial charge in [-0.1, -0.05) is 0 Å². The highest BCUT2D eigenvalue weighted by Crippen LogP contribution is 2.24.